The molecule has 0 aromatic heterocycles. The van der Waals surface area contributed by atoms with Gasteiger partial charge < -0.3 is 19.7 Å². The van der Waals surface area contributed by atoms with E-state index in [0.29, 0.717) is 22.7 Å². The predicted octanol–water partition coefficient (Wildman–Crippen LogP) is 1.60. The molecule has 3 aliphatic rings. The molecule has 0 spiro atoms. The maximum atomic E-state index is 5.35. The third-order valence-electron chi connectivity index (χ3n) is 4.76. The fourth-order valence-electron chi connectivity index (χ4n) is 3.43. The molecular weight excluding hydrogens is 324 g/mol. The topological polar surface area (TPSA) is 58.1 Å². The summed E-state index contributed by atoms with van der Waals surface area (Å²) >= 11 is 5.35. The second kappa shape index (κ2) is 7.81. The predicted molar refractivity (Wildman–Crippen MR) is 99.0 cm³/mol. The molecule has 6 nitrogen and oxygen atoms in total. The van der Waals surface area contributed by atoms with Gasteiger partial charge >= 0.3 is 0 Å². The van der Waals surface area contributed by atoms with E-state index in [9.17, 15) is 0 Å². The van der Waals surface area contributed by atoms with Crippen molar-refractivity contribution < 1.29 is 9.47 Å². The molecule has 4 rings (SSSR count). The van der Waals surface area contributed by atoms with Crippen LogP contribution in [0.15, 0.2) is 23.3 Å². The fraction of sp³-hybridized carbons (Fsp3) is 0.529. The zero-order chi connectivity index (χ0) is 16.9. The molecule has 3 heterocycles. The van der Waals surface area contributed by atoms with Gasteiger partial charge in [0.1, 0.15) is 0 Å². The lowest BCUT2D eigenvalue weighted by Crippen LogP contribution is -2.58. The highest BCUT2D eigenvalue weighted by molar-refractivity contribution is 7.80. The van der Waals surface area contributed by atoms with Crippen LogP contribution in [-0.4, -0.2) is 56.1 Å². The molecular formula is C17H24N4O2S. The summed E-state index contributed by atoms with van der Waals surface area (Å²) in [6.07, 6.45) is 4.23. The Morgan fingerprint density at radius 1 is 1.25 bits per heavy atom. The minimum atomic E-state index is 0.434. The Bertz CT molecular complexity index is 615. The number of hydrogen-bond donors (Lipinski definition) is 2. The van der Waals surface area contributed by atoms with Crippen molar-refractivity contribution in [2.24, 2.45) is 11.0 Å². The summed E-state index contributed by atoms with van der Waals surface area (Å²) < 4.78 is 10.5. The first-order valence-corrected chi connectivity index (χ1v) is 8.64. The molecule has 3 aliphatic heterocycles. The van der Waals surface area contributed by atoms with E-state index in [0.717, 1.165) is 18.0 Å². The van der Waals surface area contributed by atoms with Gasteiger partial charge in [0, 0.05) is 12.6 Å². The van der Waals surface area contributed by atoms with Crippen molar-refractivity contribution in [3.05, 3.63) is 23.8 Å². The molecule has 1 atom stereocenters. The van der Waals surface area contributed by atoms with E-state index in [1.54, 1.807) is 20.4 Å². The lowest BCUT2D eigenvalue weighted by molar-refractivity contribution is 0.0812. The second-order valence-corrected chi connectivity index (χ2v) is 6.61. The first kappa shape index (κ1) is 17.0. The molecule has 3 saturated heterocycles. The van der Waals surface area contributed by atoms with Crippen LogP contribution in [0.4, 0.5) is 0 Å². The molecule has 130 valence electrons. The van der Waals surface area contributed by atoms with Crippen LogP contribution in [0.5, 0.6) is 11.5 Å². The summed E-state index contributed by atoms with van der Waals surface area (Å²) in [7, 11) is 3.23. The molecule has 1 aromatic carbocycles. The number of hydrogen-bond acceptors (Lipinski definition) is 5. The van der Waals surface area contributed by atoms with E-state index in [-0.39, 0.29) is 0 Å². The second-order valence-electron chi connectivity index (χ2n) is 6.20. The van der Waals surface area contributed by atoms with Crippen LogP contribution < -0.4 is 20.2 Å². The third-order valence-corrected chi connectivity index (χ3v) is 4.97. The summed E-state index contributed by atoms with van der Waals surface area (Å²) in [5.74, 6) is 2.10. The zero-order valence-corrected chi connectivity index (χ0v) is 14.9. The molecule has 1 aromatic rings. The largest absolute Gasteiger partial charge is 0.493 e. The Balaban J connectivity index is 1.51. The van der Waals surface area contributed by atoms with Gasteiger partial charge in [-0.2, -0.15) is 5.10 Å². The highest BCUT2D eigenvalue weighted by Gasteiger charge is 2.34. The molecule has 0 radical (unpaired) electrons. The molecule has 0 unspecified atom stereocenters. The van der Waals surface area contributed by atoms with Gasteiger partial charge in [-0.3, -0.25) is 5.43 Å². The number of rotatable bonds is 5. The van der Waals surface area contributed by atoms with Gasteiger partial charge in [-0.25, -0.2) is 0 Å². The highest BCUT2D eigenvalue weighted by atomic mass is 32.1. The number of nitrogens with zero attached hydrogens (tertiary/aromatic N) is 2. The molecule has 2 N–H and O–H groups in total. The van der Waals surface area contributed by atoms with E-state index >= 15 is 0 Å². The zero-order valence-electron chi connectivity index (χ0n) is 14.1. The van der Waals surface area contributed by atoms with Crippen molar-refractivity contribution in [3.63, 3.8) is 0 Å². The number of ether oxygens (including phenoxy) is 2. The maximum Gasteiger partial charge on any atom is 0.187 e. The number of fused-ring (bicyclic) bond motifs is 3. The van der Waals surface area contributed by atoms with E-state index < -0.39 is 0 Å². The molecule has 2 bridgehead atoms. The maximum absolute atomic E-state index is 5.35. The van der Waals surface area contributed by atoms with Crippen LogP contribution in [0, 0.1) is 5.92 Å². The Hall–Kier alpha value is -1.86. The number of methoxy groups -OCH3 is 2. The van der Waals surface area contributed by atoms with Gasteiger partial charge in [-0.05, 0) is 67.8 Å². The van der Waals surface area contributed by atoms with Crippen molar-refractivity contribution in [1.29, 1.82) is 0 Å². The van der Waals surface area contributed by atoms with Crippen LogP contribution in [0.25, 0.3) is 0 Å². The Labute approximate surface area is 148 Å². The van der Waals surface area contributed by atoms with Crippen LogP contribution in [0.1, 0.15) is 18.4 Å². The summed E-state index contributed by atoms with van der Waals surface area (Å²) in [6.45, 7) is 3.52. The lowest BCUT2D eigenvalue weighted by atomic mass is 9.84. The fourth-order valence-corrected chi connectivity index (χ4v) is 3.63. The number of hydrazone groups is 1. The van der Waals surface area contributed by atoms with Crippen LogP contribution in [0.3, 0.4) is 0 Å². The number of thiocarbonyl (C=S) groups is 1. The minimum Gasteiger partial charge on any atom is -0.493 e. The number of nitrogens with one attached hydrogen (secondary N) is 2. The summed E-state index contributed by atoms with van der Waals surface area (Å²) in [5.41, 5.74) is 3.81. The molecule has 0 saturated carbocycles. The van der Waals surface area contributed by atoms with Crippen molar-refractivity contribution in [2.75, 3.05) is 33.9 Å². The molecule has 0 aliphatic carbocycles. The van der Waals surface area contributed by atoms with Gasteiger partial charge in [-0.1, -0.05) is 0 Å². The van der Waals surface area contributed by atoms with E-state index in [1.165, 1.54) is 25.9 Å². The minimum absolute atomic E-state index is 0.434. The van der Waals surface area contributed by atoms with Crippen molar-refractivity contribution in [3.8, 4) is 11.5 Å². The smallest absolute Gasteiger partial charge is 0.187 e. The Morgan fingerprint density at radius 3 is 2.62 bits per heavy atom. The normalized spacial score (nSPS) is 25.5. The molecule has 3 fully saturated rings. The monoisotopic (exact) mass is 348 g/mol. The average molecular weight is 348 g/mol. The van der Waals surface area contributed by atoms with E-state index in [2.05, 4.69) is 20.7 Å². The summed E-state index contributed by atoms with van der Waals surface area (Å²) in [4.78, 5) is 2.49. The molecule has 0 amide bonds. The molecule has 7 heteroatoms. The van der Waals surface area contributed by atoms with Gasteiger partial charge in [0.25, 0.3) is 0 Å². The van der Waals surface area contributed by atoms with Crippen molar-refractivity contribution >= 4 is 23.5 Å². The third kappa shape index (κ3) is 3.96. The van der Waals surface area contributed by atoms with E-state index in [4.69, 9.17) is 21.7 Å². The average Bonchev–Trinajstić information content (AvgIpc) is 2.62. The van der Waals surface area contributed by atoms with Crippen LogP contribution in [0.2, 0.25) is 0 Å². The Morgan fingerprint density at radius 2 is 2.00 bits per heavy atom. The van der Waals surface area contributed by atoms with Crippen molar-refractivity contribution in [2.45, 2.75) is 18.9 Å². The first-order valence-electron chi connectivity index (χ1n) is 8.23. The lowest BCUT2D eigenvalue weighted by Gasteiger charge is -2.45. The number of piperidine rings is 3. The summed E-state index contributed by atoms with van der Waals surface area (Å²) in [6, 6.07) is 6.07. The standard InChI is InChI=1S/C17H24N4O2S/c1-22-15-4-3-12(9-16(15)23-2)10-18-20-17(24)19-14-11-21-7-5-13(14)6-8-21/h3-4,9-10,13-14H,5-8,11H2,1-2H3,(H2,19,20,24)/b18-10-/t14-/m0/s1. The first-order chi connectivity index (χ1) is 11.7. The van der Waals surface area contributed by atoms with Crippen LogP contribution in [-0.2, 0) is 0 Å². The Kier molecular flexibility index (Phi) is 5.52. The quantitative estimate of drug-likeness (QED) is 0.479. The molecule has 24 heavy (non-hydrogen) atoms. The van der Waals surface area contributed by atoms with Crippen molar-refractivity contribution in [1.82, 2.24) is 15.6 Å². The van der Waals surface area contributed by atoms with E-state index in [1.807, 2.05) is 18.2 Å². The summed E-state index contributed by atoms with van der Waals surface area (Å²) in [5, 5.41) is 8.18. The van der Waals surface area contributed by atoms with Gasteiger partial charge in [0.05, 0.1) is 20.4 Å². The highest BCUT2D eigenvalue weighted by Crippen LogP contribution is 2.28. The number of benzene rings is 1. The van der Waals surface area contributed by atoms with Gasteiger partial charge in [0.2, 0.25) is 0 Å². The van der Waals surface area contributed by atoms with Gasteiger partial charge in [0.15, 0.2) is 16.6 Å². The van der Waals surface area contributed by atoms with Gasteiger partial charge in [-0.15, -0.1) is 0 Å². The SMILES string of the molecule is COc1ccc(/C=N\NC(=S)N[C@H]2CN3CCC2CC3)cc1OC. The van der Waals surface area contributed by atoms with Crippen LogP contribution >= 0.6 is 12.2 Å².